The number of piperidine rings is 1. The fraction of sp³-hybridized carbons (Fsp3) is 0.417. The van der Waals surface area contributed by atoms with Crippen molar-refractivity contribution in [3.8, 4) is 0 Å². The number of carbonyl (C=O) groups excluding carboxylic acids is 4. The summed E-state index contributed by atoms with van der Waals surface area (Å²) >= 11 is 1.31. The van der Waals surface area contributed by atoms with Crippen molar-refractivity contribution in [2.75, 3.05) is 45.2 Å². The molecule has 180 valence electrons. The smallest absolute Gasteiger partial charge is 0.264 e. The number of hydrogen-bond acceptors (Lipinski definition) is 6. The Bertz CT molecular complexity index is 1050. The summed E-state index contributed by atoms with van der Waals surface area (Å²) in [6, 6.07) is 9.26. The number of anilines is 1. The molecule has 4 amide bonds. The second-order valence-corrected chi connectivity index (χ2v) is 9.63. The normalized spacial score (nSPS) is 20.5. The highest BCUT2D eigenvalue weighted by atomic mass is 32.1. The molecule has 2 aliphatic rings. The number of benzene rings is 1. The van der Waals surface area contributed by atoms with Crippen molar-refractivity contribution in [3.05, 3.63) is 52.2 Å². The van der Waals surface area contributed by atoms with Gasteiger partial charge in [-0.15, -0.1) is 11.3 Å². The van der Waals surface area contributed by atoms with E-state index in [0.717, 1.165) is 12.1 Å². The van der Waals surface area contributed by atoms with Crippen molar-refractivity contribution < 1.29 is 19.2 Å². The van der Waals surface area contributed by atoms with Gasteiger partial charge in [0.15, 0.2) is 0 Å². The average Bonchev–Trinajstić information content (AvgIpc) is 3.39. The summed E-state index contributed by atoms with van der Waals surface area (Å²) in [6.45, 7) is 1.20. The van der Waals surface area contributed by atoms with E-state index in [4.69, 9.17) is 0 Å². The Balaban J connectivity index is 1.53. The van der Waals surface area contributed by atoms with Crippen molar-refractivity contribution in [1.82, 2.24) is 20.4 Å². The van der Waals surface area contributed by atoms with Crippen molar-refractivity contribution >= 4 is 40.7 Å². The molecule has 0 radical (unpaired) electrons. The molecule has 3 heterocycles. The Morgan fingerprint density at radius 1 is 1.09 bits per heavy atom. The molecule has 0 saturated carbocycles. The lowest BCUT2D eigenvalue weighted by Gasteiger charge is -2.41. The Morgan fingerprint density at radius 3 is 2.50 bits per heavy atom. The molecule has 2 fully saturated rings. The molecule has 2 N–H and O–H groups in total. The average molecular weight is 484 g/mol. The highest BCUT2D eigenvalue weighted by Gasteiger charge is 2.39. The first-order valence-corrected chi connectivity index (χ1v) is 12.2. The first-order valence-electron chi connectivity index (χ1n) is 11.3. The lowest BCUT2D eigenvalue weighted by molar-refractivity contribution is -0.133. The molecule has 2 atom stereocenters. The van der Waals surface area contributed by atoms with Crippen LogP contribution in [0.1, 0.15) is 32.9 Å². The largest absolute Gasteiger partial charge is 0.378 e. The maximum absolute atomic E-state index is 13.3. The van der Waals surface area contributed by atoms with Gasteiger partial charge in [0.25, 0.3) is 11.8 Å². The lowest BCUT2D eigenvalue weighted by Crippen LogP contribution is -2.63. The standard InChI is InChI=1S/C24H29N5O4S/c1-27(2)17-9-7-16(8-10-17)23(32)28-12-13-29(24(33)20-6-4-14-34-20)19(15-28)22(31)26-18-5-3-11-25-21(18)30/h4,6-10,14,18-19H,3,5,11-13,15H2,1-2H3,(H,25,30)(H,26,31)/t18-,19+/m0/s1. The second-order valence-electron chi connectivity index (χ2n) is 8.68. The van der Waals surface area contributed by atoms with Crippen LogP contribution in [-0.2, 0) is 9.59 Å². The van der Waals surface area contributed by atoms with Crippen LogP contribution in [0.2, 0.25) is 0 Å². The first-order chi connectivity index (χ1) is 16.3. The number of thiophene rings is 1. The number of amides is 4. The fourth-order valence-electron chi connectivity index (χ4n) is 4.24. The van der Waals surface area contributed by atoms with Crippen LogP contribution in [0.3, 0.4) is 0 Å². The molecule has 2 aliphatic heterocycles. The summed E-state index contributed by atoms with van der Waals surface area (Å²) in [5, 5.41) is 7.37. The summed E-state index contributed by atoms with van der Waals surface area (Å²) in [6.07, 6.45) is 1.32. The van der Waals surface area contributed by atoms with Crippen LogP contribution >= 0.6 is 11.3 Å². The molecule has 10 heteroatoms. The summed E-state index contributed by atoms with van der Waals surface area (Å²) in [5.41, 5.74) is 1.50. The summed E-state index contributed by atoms with van der Waals surface area (Å²) in [7, 11) is 3.85. The zero-order valence-electron chi connectivity index (χ0n) is 19.3. The lowest BCUT2D eigenvalue weighted by atomic mass is 10.0. The zero-order valence-corrected chi connectivity index (χ0v) is 20.1. The van der Waals surface area contributed by atoms with Crippen LogP contribution in [0.4, 0.5) is 5.69 Å². The van der Waals surface area contributed by atoms with E-state index in [1.54, 1.807) is 29.2 Å². The first kappa shape index (κ1) is 23.7. The van der Waals surface area contributed by atoms with Crippen LogP contribution < -0.4 is 15.5 Å². The van der Waals surface area contributed by atoms with E-state index in [0.29, 0.717) is 30.0 Å². The molecule has 1 aromatic heterocycles. The maximum atomic E-state index is 13.3. The van der Waals surface area contributed by atoms with Crippen molar-refractivity contribution in [2.24, 2.45) is 0 Å². The van der Waals surface area contributed by atoms with Gasteiger partial charge in [0.2, 0.25) is 11.8 Å². The van der Waals surface area contributed by atoms with Crippen LogP contribution in [0.15, 0.2) is 41.8 Å². The summed E-state index contributed by atoms with van der Waals surface area (Å²) in [5.74, 6) is -1.08. The fourth-order valence-corrected chi connectivity index (χ4v) is 4.92. The Kier molecular flexibility index (Phi) is 7.16. The molecular weight excluding hydrogens is 454 g/mol. The van der Waals surface area contributed by atoms with Gasteiger partial charge in [-0.1, -0.05) is 6.07 Å². The number of piperazine rings is 1. The van der Waals surface area contributed by atoms with Gasteiger partial charge in [0, 0.05) is 45.0 Å². The van der Waals surface area contributed by atoms with E-state index < -0.39 is 18.0 Å². The van der Waals surface area contributed by atoms with Gasteiger partial charge in [-0.05, 0) is 48.6 Å². The minimum atomic E-state index is -0.886. The van der Waals surface area contributed by atoms with Crippen molar-refractivity contribution in [1.29, 1.82) is 0 Å². The molecule has 0 aliphatic carbocycles. The number of hydrogen-bond donors (Lipinski definition) is 2. The van der Waals surface area contributed by atoms with Crippen LogP contribution in [-0.4, -0.2) is 85.8 Å². The molecule has 9 nitrogen and oxygen atoms in total. The zero-order chi connectivity index (χ0) is 24.2. The van der Waals surface area contributed by atoms with Gasteiger partial charge in [0.1, 0.15) is 12.1 Å². The quantitative estimate of drug-likeness (QED) is 0.665. The Hall–Kier alpha value is -3.40. The second kappa shape index (κ2) is 10.3. The molecule has 0 spiro atoms. The predicted molar refractivity (Wildman–Crippen MR) is 130 cm³/mol. The van der Waals surface area contributed by atoms with E-state index in [-0.39, 0.29) is 30.8 Å². The molecule has 4 rings (SSSR count). The molecule has 0 bridgehead atoms. The van der Waals surface area contributed by atoms with Gasteiger partial charge < -0.3 is 25.3 Å². The number of nitrogens with zero attached hydrogens (tertiary/aromatic N) is 3. The van der Waals surface area contributed by atoms with Crippen molar-refractivity contribution in [3.63, 3.8) is 0 Å². The van der Waals surface area contributed by atoms with Gasteiger partial charge in [-0.3, -0.25) is 19.2 Å². The topological polar surface area (TPSA) is 102 Å². The number of nitrogens with one attached hydrogen (secondary N) is 2. The number of rotatable bonds is 5. The van der Waals surface area contributed by atoms with E-state index in [1.807, 2.05) is 36.5 Å². The van der Waals surface area contributed by atoms with Crippen LogP contribution in [0, 0.1) is 0 Å². The minimum Gasteiger partial charge on any atom is -0.378 e. The third-order valence-corrected chi connectivity index (χ3v) is 7.05. The molecule has 1 aromatic carbocycles. The molecule has 2 saturated heterocycles. The summed E-state index contributed by atoms with van der Waals surface area (Å²) < 4.78 is 0. The Morgan fingerprint density at radius 2 is 1.85 bits per heavy atom. The minimum absolute atomic E-state index is 0.0611. The molecular formula is C24H29N5O4S. The highest BCUT2D eigenvalue weighted by Crippen LogP contribution is 2.21. The van der Waals surface area contributed by atoms with Crippen molar-refractivity contribution in [2.45, 2.75) is 24.9 Å². The molecule has 34 heavy (non-hydrogen) atoms. The monoisotopic (exact) mass is 483 g/mol. The summed E-state index contributed by atoms with van der Waals surface area (Å²) in [4.78, 5) is 57.4. The third-order valence-electron chi connectivity index (χ3n) is 6.20. The van der Waals surface area contributed by atoms with E-state index in [9.17, 15) is 19.2 Å². The van der Waals surface area contributed by atoms with E-state index >= 15 is 0 Å². The van der Waals surface area contributed by atoms with Gasteiger partial charge >= 0.3 is 0 Å². The maximum Gasteiger partial charge on any atom is 0.264 e. The van der Waals surface area contributed by atoms with E-state index in [2.05, 4.69) is 10.6 Å². The molecule has 0 unspecified atom stereocenters. The van der Waals surface area contributed by atoms with Gasteiger partial charge in [-0.25, -0.2) is 0 Å². The highest BCUT2D eigenvalue weighted by molar-refractivity contribution is 7.12. The predicted octanol–water partition coefficient (Wildman–Crippen LogP) is 1.18. The van der Waals surface area contributed by atoms with Crippen LogP contribution in [0.5, 0.6) is 0 Å². The van der Waals surface area contributed by atoms with E-state index in [1.165, 1.54) is 16.2 Å². The number of carbonyl (C=O) groups is 4. The van der Waals surface area contributed by atoms with Gasteiger partial charge in [-0.2, -0.15) is 0 Å². The SMILES string of the molecule is CN(C)c1ccc(C(=O)N2CCN(C(=O)c3cccs3)[C@@H](C(=O)N[C@H]3CCCNC3=O)C2)cc1. The Labute approximate surface area is 202 Å². The van der Waals surface area contributed by atoms with Gasteiger partial charge in [0.05, 0.1) is 11.4 Å². The third kappa shape index (κ3) is 5.06. The van der Waals surface area contributed by atoms with Crippen LogP contribution in [0.25, 0.3) is 0 Å². The molecule has 2 aromatic rings.